The van der Waals surface area contributed by atoms with Crippen LogP contribution in [-0.4, -0.2) is 47.0 Å². The maximum absolute atomic E-state index is 12.6. The van der Waals surface area contributed by atoms with E-state index in [2.05, 4.69) is 0 Å². The predicted molar refractivity (Wildman–Crippen MR) is 84.7 cm³/mol. The minimum Gasteiger partial charge on any atom is -0.332 e. The van der Waals surface area contributed by atoms with Crippen molar-refractivity contribution in [2.24, 2.45) is 5.92 Å². The summed E-state index contributed by atoms with van der Waals surface area (Å²) in [6.45, 7) is 5.71. The molecular weight excluding hydrogens is 292 g/mol. The molecule has 1 saturated carbocycles. The highest BCUT2D eigenvalue weighted by Crippen LogP contribution is 2.39. The normalized spacial score (nSPS) is 22.6. The number of carbonyl (C=O) groups is 2. The zero-order valence-electron chi connectivity index (χ0n) is 13.7. The molecule has 1 aliphatic carbocycles. The van der Waals surface area contributed by atoms with Gasteiger partial charge in [-0.1, -0.05) is 17.7 Å². The third-order valence-electron chi connectivity index (χ3n) is 5.03. The monoisotopic (exact) mass is 314 g/mol. The van der Waals surface area contributed by atoms with Crippen LogP contribution in [0.4, 0.5) is 0 Å². The maximum Gasteiger partial charge on any atom is 0.254 e. The van der Waals surface area contributed by atoms with Gasteiger partial charge in [0, 0.05) is 5.56 Å². The average Bonchev–Trinajstić information content (AvgIpc) is 3.20. The Morgan fingerprint density at radius 1 is 1.30 bits per heavy atom. The Labute approximate surface area is 136 Å². The lowest BCUT2D eigenvalue weighted by Crippen LogP contribution is -2.63. The van der Waals surface area contributed by atoms with E-state index < -0.39 is 5.60 Å². The van der Waals surface area contributed by atoms with Crippen LogP contribution in [0.3, 0.4) is 0 Å². The highest BCUT2D eigenvalue weighted by Gasteiger charge is 2.55. The van der Waals surface area contributed by atoms with Crippen LogP contribution in [-0.2, 0) is 9.63 Å². The molecule has 0 N–H and O–H groups in total. The largest absolute Gasteiger partial charge is 0.332 e. The number of benzene rings is 1. The van der Waals surface area contributed by atoms with Gasteiger partial charge in [-0.15, -0.1) is 0 Å². The molecule has 0 radical (unpaired) electrons. The summed E-state index contributed by atoms with van der Waals surface area (Å²) in [5.74, 6) is 0.711. The Balaban J connectivity index is 1.41. The molecule has 4 rings (SSSR count). The fraction of sp³-hybridized carbons (Fsp3) is 0.556. The maximum atomic E-state index is 12.6. The highest BCUT2D eigenvalue weighted by molar-refractivity contribution is 5.96. The second-order valence-corrected chi connectivity index (χ2v) is 7.33. The molecule has 5 nitrogen and oxygen atoms in total. The first-order chi connectivity index (χ1) is 11.0. The number of rotatable bonds is 3. The van der Waals surface area contributed by atoms with Gasteiger partial charge in [-0.25, -0.2) is 5.06 Å². The molecule has 3 fully saturated rings. The number of aryl methyl sites for hydroxylation is 2. The summed E-state index contributed by atoms with van der Waals surface area (Å²) in [5.41, 5.74) is 2.42. The molecule has 2 heterocycles. The first kappa shape index (κ1) is 14.7. The molecule has 3 aliphatic rings. The molecule has 2 aliphatic heterocycles. The van der Waals surface area contributed by atoms with Crippen LogP contribution in [0.25, 0.3) is 0 Å². The van der Waals surface area contributed by atoms with E-state index in [9.17, 15) is 9.59 Å². The van der Waals surface area contributed by atoms with Gasteiger partial charge < -0.3 is 4.90 Å². The minimum atomic E-state index is -0.472. The van der Waals surface area contributed by atoms with E-state index in [-0.39, 0.29) is 11.8 Å². The Kier molecular flexibility index (Phi) is 3.23. The molecule has 1 spiro atoms. The molecule has 0 aromatic heterocycles. The van der Waals surface area contributed by atoms with Crippen LogP contribution in [0, 0.1) is 19.8 Å². The van der Waals surface area contributed by atoms with Crippen molar-refractivity contribution in [1.29, 1.82) is 0 Å². The summed E-state index contributed by atoms with van der Waals surface area (Å²) >= 11 is 0. The zero-order valence-corrected chi connectivity index (χ0v) is 13.7. The van der Waals surface area contributed by atoms with Crippen molar-refractivity contribution < 1.29 is 14.4 Å². The molecule has 1 aromatic rings. The second-order valence-electron chi connectivity index (χ2n) is 7.33. The van der Waals surface area contributed by atoms with Gasteiger partial charge in [0.2, 0.25) is 5.91 Å². The molecule has 122 valence electrons. The van der Waals surface area contributed by atoms with Crippen molar-refractivity contribution in [3.8, 4) is 0 Å². The third kappa shape index (κ3) is 2.63. The van der Waals surface area contributed by atoms with E-state index in [1.807, 2.05) is 32.0 Å². The van der Waals surface area contributed by atoms with Crippen molar-refractivity contribution in [2.75, 3.05) is 19.6 Å². The number of nitrogens with zero attached hydrogens (tertiary/aromatic N) is 2. The summed E-state index contributed by atoms with van der Waals surface area (Å²) < 4.78 is 0. The minimum absolute atomic E-state index is 0.0322. The fourth-order valence-electron chi connectivity index (χ4n) is 3.54. The SMILES string of the molecule is Cc1ccc(C(=O)N2CC3(CC(=O)N(CC4CC4)O3)C2)c(C)c1. The molecule has 2 amide bonds. The Hall–Kier alpha value is -1.88. The lowest BCUT2D eigenvalue weighted by molar-refractivity contribution is -0.230. The quantitative estimate of drug-likeness (QED) is 0.858. The third-order valence-corrected chi connectivity index (χ3v) is 5.03. The van der Waals surface area contributed by atoms with E-state index in [1.165, 1.54) is 17.9 Å². The number of hydrogen-bond donors (Lipinski definition) is 0. The lowest BCUT2D eigenvalue weighted by Gasteiger charge is -2.46. The van der Waals surface area contributed by atoms with Gasteiger partial charge in [0.05, 0.1) is 26.1 Å². The van der Waals surface area contributed by atoms with Crippen LogP contribution in [0.1, 0.15) is 40.7 Å². The van der Waals surface area contributed by atoms with Crippen LogP contribution in [0.15, 0.2) is 18.2 Å². The van der Waals surface area contributed by atoms with Crippen molar-refractivity contribution in [3.63, 3.8) is 0 Å². The first-order valence-electron chi connectivity index (χ1n) is 8.32. The Bertz CT molecular complexity index is 675. The molecule has 0 bridgehead atoms. The average molecular weight is 314 g/mol. The van der Waals surface area contributed by atoms with Crippen molar-refractivity contribution >= 4 is 11.8 Å². The number of carbonyl (C=O) groups excluding carboxylic acids is 2. The molecule has 1 aromatic carbocycles. The van der Waals surface area contributed by atoms with Gasteiger partial charge in [0.15, 0.2) is 0 Å². The summed E-state index contributed by atoms with van der Waals surface area (Å²) in [4.78, 5) is 32.4. The summed E-state index contributed by atoms with van der Waals surface area (Å²) in [5, 5.41) is 1.54. The van der Waals surface area contributed by atoms with Crippen LogP contribution in [0.2, 0.25) is 0 Å². The number of hydroxylamine groups is 2. The van der Waals surface area contributed by atoms with Crippen molar-refractivity contribution in [3.05, 3.63) is 34.9 Å². The van der Waals surface area contributed by atoms with Gasteiger partial charge in [-0.2, -0.15) is 0 Å². The van der Waals surface area contributed by atoms with Gasteiger partial charge in [0.1, 0.15) is 5.60 Å². The van der Waals surface area contributed by atoms with Gasteiger partial charge in [0.25, 0.3) is 5.91 Å². The number of amides is 2. The predicted octanol–water partition coefficient (Wildman–Crippen LogP) is 2.07. The molecule has 0 atom stereocenters. The topological polar surface area (TPSA) is 49.9 Å². The van der Waals surface area contributed by atoms with E-state index in [0.717, 1.165) is 16.7 Å². The van der Waals surface area contributed by atoms with Crippen molar-refractivity contribution in [1.82, 2.24) is 9.96 Å². The Morgan fingerprint density at radius 3 is 2.70 bits per heavy atom. The standard InChI is InChI=1S/C18H22N2O3/c1-12-3-6-15(13(2)7-12)17(22)19-10-18(11-19)8-16(21)20(23-18)9-14-4-5-14/h3,6-7,14H,4-5,8-11H2,1-2H3. The van der Waals surface area contributed by atoms with E-state index in [0.29, 0.717) is 32.0 Å². The summed E-state index contributed by atoms with van der Waals surface area (Å²) in [6, 6.07) is 5.87. The molecule has 2 saturated heterocycles. The second kappa shape index (κ2) is 5.06. The smallest absolute Gasteiger partial charge is 0.254 e. The van der Waals surface area contributed by atoms with Crippen molar-refractivity contribution in [2.45, 2.75) is 38.7 Å². The Morgan fingerprint density at radius 2 is 2.04 bits per heavy atom. The lowest BCUT2D eigenvalue weighted by atomic mass is 9.89. The van der Waals surface area contributed by atoms with Gasteiger partial charge >= 0.3 is 0 Å². The highest BCUT2D eigenvalue weighted by atomic mass is 16.7. The van der Waals surface area contributed by atoms with E-state index >= 15 is 0 Å². The van der Waals surface area contributed by atoms with E-state index in [1.54, 1.807) is 4.90 Å². The van der Waals surface area contributed by atoms with E-state index in [4.69, 9.17) is 4.84 Å². The molecular formula is C18H22N2O3. The summed E-state index contributed by atoms with van der Waals surface area (Å²) in [7, 11) is 0. The zero-order chi connectivity index (χ0) is 16.2. The first-order valence-corrected chi connectivity index (χ1v) is 8.32. The summed E-state index contributed by atoms with van der Waals surface area (Å²) in [6.07, 6.45) is 2.78. The number of likely N-dealkylation sites (tertiary alicyclic amines) is 1. The van der Waals surface area contributed by atoms with Gasteiger partial charge in [-0.3, -0.25) is 14.4 Å². The number of hydrogen-bond acceptors (Lipinski definition) is 3. The van der Waals surface area contributed by atoms with Gasteiger partial charge in [-0.05, 0) is 44.2 Å². The van der Waals surface area contributed by atoms with Crippen LogP contribution >= 0.6 is 0 Å². The van der Waals surface area contributed by atoms with Crippen LogP contribution < -0.4 is 0 Å². The van der Waals surface area contributed by atoms with Crippen LogP contribution in [0.5, 0.6) is 0 Å². The molecule has 0 unspecified atom stereocenters. The molecule has 23 heavy (non-hydrogen) atoms. The fourth-order valence-corrected chi connectivity index (χ4v) is 3.54. The molecule has 5 heteroatoms.